The van der Waals surface area contributed by atoms with E-state index in [2.05, 4.69) is 5.32 Å². The van der Waals surface area contributed by atoms with Gasteiger partial charge >= 0.3 is 24.1 Å². The van der Waals surface area contributed by atoms with E-state index in [1.807, 2.05) is 0 Å². The quantitative estimate of drug-likeness (QED) is 0.210. The summed E-state index contributed by atoms with van der Waals surface area (Å²) in [4.78, 5) is 62.8. The lowest BCUT2D eigenvalue weighted by Gasteiger charge is -2.32. The number of rotatable bonds is 10. The molecule has 1 amide bonds. The summed E-state index contributed by atoms with van der Waals surface area (Å²) in [6.07, 6.45) is -4.99. The number of carbonyl (C=O) groups excluding carboxylic acids is 1. The number of hydrogen-bond donors (Lipinski definition) is 4. The molecule has 1 heterocycles. The van der Waals surface area contributed by atoms with Gasteiger partial charge in [-0.3, -0.25) is 48.9 Å². The maximum Gasteiger partial charge on any atom is 0.418 e. The number of non-ortho nitro benzene ring substituents is 1. The predicted molar refractivity (Wildman–Crippen MR) is 135 cm³/mol. The molecule has 1 aromatic carbocycles. The van der Waals surface area contributed by atoms with E-state index in [4.69, 9.17) is 0 Å². The van der Waals surface area contributed by atoms with E-state index in [-0.39, 0.29) is 72.0 Å². The summed E-state index contributed by atoms with van der Waals surface area (Å²) in [7, 11) is 0. The summed E-state index contributed by atoms with van der Waals surface area (Å²) in [5.41, 5.74) is -2.89. The second-order valence-corrected chi connectivity index (χ2v) is 9.32. The topological polar surface area (TPSA) is 197 Å². The molecular weight excluding hydrogens is 561 g/mol. The van der Waals surface area contributed by atoms with Crippen LogP contribution in [0.25, 0.3) is 0 Å². The summed E-state index contributed by atoms with van der Waals surface area (Å²) in [6, 6.07) is 1.91. The molecule has 0 radical (unpaired) electrons. The fourth-order valence-corrected chi connectivity index (χ4v) is 4.17. The molecule has 2 rings (SSSR count). The fraction of sp³-hybridized carbons (Fsp3) is 0.565. The van der Waals surface area contributed by atoms with E-state index in [1.54, 1.807) is 4.90 Å². The van der Waals surface area contributed by atoms with Gasteiger partial charge in [0.05, 0.1) is 42.4 Å². The third kappa shape index (κ3) is 12.0. The summed E-state index contributed by atoms with van der Waals surface area (Å²) < 4.78 is 40.6. The smallest absolute Gasteiger partial charge is 0.418 e. The van der Waals surface area contributed by atoms with E-state index in [0.29, 0.717) is 6.07 Å². The molecule has 0 unspecified atom stereocenters. The van der Waals surface area contributed by atoms with Crippen LogP contribution in [0, 0.1) is 10.1 Å². The van der Waals surface area contributed by atoms with Crippen LogP contribution in [0.3, 0.4) is 0 Å². The Kier molecular flexibility index (Phi) is 12.4. The van der Waals surface area contributed by atoms with Crippen LogP contribution < -0.4 is 5.32 Å². The Balaban J connectivity index is 2.23. The van der Waals surface area contributed by atoms with Crippen LogP contribution in [-0.4, -0.2) is 142 Å². The Hall–Kier alpha value is -3.87. The largest absolute Gasteiger partial charge is 0.480 e. The van der Waals surface area contributed by atoms with Crippen molar-refractivity contribution in [2.24, 2.45) is 0 Å². The van der Waals surface area contributed by atoms with Gasteiger partial charge in [0.1, 0.15) is 0 Å². The van der Waals surface area contributed by atoms with Crippen LogP contribution in [0.4, 0.5) is 24.5 Å². The zero-order valence-corrected chi connectivity index (χ0v) is 21.9. The number of halogens is 3. The van der Waals surface area contributed by atoms with Crippen LogP contribution in [0.5, 0.6) is 0 Å². The van der Waals surface area contributed by atoms with Gasteiger partial charge < -0.3 is 20.6 Å². The minimum atomic E-state index is -4.99. The van der Waals surface area contributed by atoms with E-state index >= 15 is 0 Å². The van der Waals surface area contributed by atoms with E-state index < -0.39 is 58.4 Å². The van der Waals surface area contributed by atoms with Crippen molar-refractivity contribution in [3.8, 4) is 0 Å². The number of nitro benzene ring substituents is 1. The van der Waals surface area contributed by atoms with Gasteiger partial charge in [-0.1, -0.05) is 0 Å². The van der Waals surface area contributed by atoms with Gasteiger partial charge in [-0.2, -0.15) is 13.2 Å². The van der Waals surface area contributed by atoms with E-state index in [0.717, 1.165) is 12.1 Å². The molecule has 0 saturated carbocycles. The molecule has 1 aromatic rings. The van der Waals surface area contributed by atoms with Gasteiger partial charge in [0.25, 0.3) is 5.69 Å². The van der Waals surface area contributed by atoms with Crippen molar-refractivity contribution >= 4 is 35.2 Å². The Morgan fingerprint density at radius 1 is 0.756 bits per heavy atom. The number of nitrogens with one attached hydrogen (secondary N) is 1. The van der Waals surface area contributed by atoms with Crippen molar-refractivity contribution in [2.75, 3.05) is 83.9 Å². The number of aliphatic carboxylic acids is 3. The van der Waals surface area contributed by atoms with Crippen molar-refractivity contribution in [1.29, 1.82) is 0 Å². The highest BCUT2D eigenvalue weighted by atomic mass is 19.4. The lowest BCUT2D eigenvalue weighted by atomic mass is 10.1. The molecule has 228 valence electrons. The molecule has 0 atom stereocenters. The first-order valence-electron chi connectivity index (χ1n) is 12.3. The highest BCUT2D eigenvalue weighted by Gasteiger charge is 2.36. The number of carbonyl (C=O) groups is 4. The molecule has 0 bridgehead atoms. The van der Waals surface area contributed by atoms with Crippen LogP contribution in [0.2, 0.25) is 0 Å². The highest BCUT2D eigenvalue weighted by molar-refractivity contribution is 5.93. The van der Waals surface area contributed by atoms with Crippen LogP contribution >= 0.6 is 0 Å². The van der Waals surface area contributed by atoms with Crippen molar-refractivity contribution in [3.05, 3.63) is 33.9 Å². The SMILES string of the molecule is O=C(O)CN1CCN(CC(=O)O)CCN(CC(=O)Nc2ccc([N+](=O)[O-])cc2C(F)(F)F)CCN(CC(=O)O)CC1. The summed E-state index contributed by atoms with van der Waals surface area (Å²) in [5.74, 6) is -4.27. The standard InChI is InChI=1S/C23H31F3N6O9/c24-23(25,26)17-11-16(32(40)41)1-2-18(17)27-19(33)12-28-3-5-29(13-20(34)35)7-9-31(15-22(38)39)10-8-30(6-4-28)14-21(36)37/h1-2,11H,3-10,12-15H2,(H,27,33)(H,34,35)(H,36,37)(H,38,39). The monoisotopic (exact) mass is 592 g/mol. The van der Waals surface area contributed by atoms with Gasteiger partial charge in [-0.25, -0.2) is 0 Å². The molecule has 4 N–H and O–H groups in total. The number of amides is 1. The minimum absolute atomic E-state index is 0.0763. The third-order valence-corrected chi connectivity index (χ3v) is 6.17. The molecule has 0 aromatic heterocycles. The number of alkyl halides is 3. The Morgan fingerprint density at radius 3 is 1.44 bits per heavy atom. The zero-order valence-electron chi connectivity index (χ0n) is 21.9. The molecule has 41 heavy (non-hydrogen) atoms. The number of hydrogen-bond acceptors (Lipinski definition) is 10. The molecule has 1 saturated heterocycles. The maximum atomic E-state index is 13.5. The van der Waals surface area contributed by atoms with E-state index in [9.17, 15) is 57.8 Å². The first-order valence-corrected chi connectivity index (χ1v) is 12.3. The van der Waals surface area contributed by atoms with E-state index in [1.165, 1.54) is 14.7 Å². The molecule has 18 heteroatoms. The fourth-order valence-electron chi connectivity index (χ4n) is 4.17. The number of carboxylic acids is 3. The molecule has 1 fully saturated rings. The Bertz CT molecular complexity index is 1090. The lowest BCUT2D eigenvalue weighted by molar-refractivity contribution is -0.385. The molecule has 15 nitrogen and oxygen atoms in total. The maximum absolute atomic E-state index is 13.5. The molecule has 0 aliphatic carbocycles. The lowest BCUT2D eigenvalue weighted by Crippen LogP contribution is -2.49. The van der Waals surface area contributed by atoms with Crippen molar-refractivity contribution < 1.29 is 52.6 Å². The first kappa shape index (κ1) is 33.3. The third-order valence-electron chi connectivity index (χ3n) is 6.17. The zero-order chi connectivity index (χ0) is 30.7. The van der Waals surface area contributed by atoms with Crippen LogP contribution in [0.1, 0.15) is 5.56 Å². The number of nitro groups is 1. The van der Waals surface area contributed by atoms with Gasteiger partial charge in [-0.05, 0) is 6.07 Å². The number of benzene rings is 1. The van der Waals surface area contributed by atoms with Crippen LogP contribution in [0.15, 0.2) is 18.2 Å². The molecule has 1 aliphatic heterocycles. The van der Waals surface area contributed by atoms with Gasteiger partial charge in [0.2, 0.25) is 5.91 Å². The Labute approximate surface area is 231 Å². The first-order chi connectivity index (χ1) is 19.1. The van der Waals surface area contributed by atoms with Crippen LogP contribution in [-0.2, 0) is 25.4 Å². The van der Waals surface area contributed by atoms with Crippen molar-refractivity contribution in [3.63, 3.8) is 0 Å². The van der Waals surface area contributed by atoms with Crippen molar-refractivity contribution in [1.82, 2.24) is 19.6 Å². The predicted octanol–water partition coefficient (Wildman–Crippen LogP) is 0.0275. The molecule has 0 spiro atoms. The summed E-state index contributed by atoms with van der Waals surface area (Å²) in [5, 5.41) is 40.8. The summed E-state index contributed by atoms with van der Waals surface area (Å²) >= 11 is 0. The van der Waals surface area contributed by atoms with Gasteiger partial charge in [0, 0.05) is 64.5 Å². The second kappa shape index (κ2) is 15.2. The Morgan fingerprint density at radius 2 is 1.12 bits per heavy atom. The normalized spacial score (nSPS) is 17.2. The van der Waals surface area contributed by atoms with Crippen molar-refractivity contribution in [2.45, 2.75) is 6.18 Å². The average Bonchev–Trinajstić information content (AvgIpc) is 2.84. The number of carboxylic acid groups (broad SMARTS) is 3. The number of nitrogens with zero attached hydrogens (tertiary/aromatic N) is 5. The minimum Gasteiger partial charge on any atom is -0.480 e. The number of anilines is 1. The molecule has 1 aliphatic rings. The average molecular weight is 593 g/mol. The highest BCUT2D eigenvalue weighted by Crippen LogP contribution is 2.37. The van der Waals surface area contributed by atoms with Gasteiger partial charge in [0.15, 0.2) is 0 Å². The van der Waals surface area contributed by atoms with Gasteiger partial charge in [-0.15, -0.1) is 0 Å². The second-order valence-electron chi connectivity index (χ2n) is 9.32. The summed E-state index contributed by atoms with van der Waals surface area (Å²) in [6.45, 7) is -0.559. The molecular formula is C23H31F3N6O9.